The number of anilines is 2. The number of carbonyl (C=O) groups excluding carboxylic acids is 6. The predicted molar refractivity (Wildman–Crippen MR) is 136 cm³/mol. The molecule has 2 fully saturated rings. The maximum Gasteiger partial charge on any atom is 0.411 e. The number of Topliss-reactive ketones (excluding diaryl/α,β-unsaturated/α-hetero) is 4. The van der Waals surface area contributed by atoms with E-state index < -0.39 is 76.2 Å². The number of aliphatic hydroxyl groups is 1. The van der Waals surface area contributed by atoms with Gasteiger partial charge in [0.05, 0.1) is 29.8 Å². The zero-order valence-electron chi connectivity index (χ0n) is 22.3. The molecule has 6 unspecified atom stereocenters. The van der Waals surface area contributed by atoms with Crippen molar-refractivity contribution in [1.29, 1.82) is 0 Å². The fourth-order valence-electron chi connectivity index (χ4n) is 6.42. The molecule has 6 atom stereocenters. The van der Waals surface area contributed by atoms with E-state index in [1.165, 1.54) is 25.1 Å². The van der Waals surface area contributed by atoms with Gasteiger partial charge in [-0.25, -0.2) is 4.79 Å². The fraction of sp³-hybridized carbons (Fsp3) is 0.538. The van der Waals surface area contributed by atoms with Crippen molar-refractivity contribution < 1.29 is 43.7 Å². The van der Waals surface area contributed by atoms with Crippen LogP contribution >= 0.6 is 0 Å². The van der Waals surface area contributed by atoms with Crippen LogP contribution in [0.1, 0.15) is 29.3 Å². The summed E-state index contributed by atoms with van der Waals surface area (Å²) in [5, 5.41) is 25.1. The maximum absolute atomic E-state index is 13.9. The molecular weight excluding hydrogens is 512 g/mol. The minimum atomic E-state index is -2.81. The molecule has 0 radical (unpaired) electrons. The third-order valence-corrected chi connectivity index (χ3v) is 8.03. The van der Waals surface area contributed by atoms with E-state index in [1.807, 2.05) is 0 Å². The second-order valence-corrected chi connectivity index (χ2v) is 10.7. The Kier molecular flexibility index (Phi) is 7.02. The summed E-state index contributed by atoms with van der Waals surface area (Å²) in [7, 11) is 6.45. The summed E-state index contributed by atoms with van der Waals surface area (Å²) in [5.74, 6) is -11.5. The Bertz CT molecular complexity index is 1310. The summed E-state index contributed by atoms with van der Waals surface area (Å²) in [5.41, 5.74) is 3.09. The van der Waals surface area contributed by atoms with Crippen LogP contribution in [-0.2, 0) is 30.3 Å². The number of benzene rings is 1. The number of ketones is 4. The van der Waals surface area contributed by atoms with E-state index in [9.17, 15) is 39.0 Å². The predicted octanol–water partition coefficient (Wildman–Crippen LogP) is -0.499. The van der Waals surface area contributed by atoms with E-state index in [0.29, 0.717) is 11.3 Å². The van der Waals surface area contributed by atoms with Crippen LogP contribution in [0.15, 0.2) is 6.07 Å². The highest BCUT2D eigenvalue weighted by atomic mass is 16.5. The lowest BCUT2D eigenvalue weighted by atomic mass is 9.52. The van der Waals surface area contributed by atoms with Crippen molar-refractivity contribution in [2.24, 2.45) is 29.4 Å². The van der Waals surface area contributed by atoms with E-state index in [4.69, 9.17) is 10.5 Å². The third kappa shape index (κ3) is 4.07. The molecule has 1 aromatic carbocycles. The fourth-order valence-corrected chi connectivity index (χ4v) is 6.42. The molecular formula is C26H32N4O9. The number of hydrogen-bond acceptors (Lipinski definition) is 11. The van der Waals surface area contributed by atoms with Crippen LogP contribution in [0.25, 0.3) is 0 Å². The molecule has 0 spiro atoms. The van der Waals surface area contributed by atoms with E-state index >= 15 is 0 Å². The summed E-state index contributed by atoms with van der Waals surface area (Å²) >= 11 is 0. The van der Waals surface area contributed by atoms with Gasteiger partial charge in [-0.3, -0.25) is 34.2 Å². The Hall–Kier alpha value is -3.84. The van der Waals surface area contributed by atoms with E-state index in [0.717, 1.165) is 0 Å². The van der Waals surface area contributed by atoms with Gasteiger partial charge in [-0.05, 0) is 51.4 Å². The molecule has 39 heavy (non-hydrogen) atoms. The van der Waals surface area contributed by atoms with Crippen LogP contribution in [-0.4, -0.2) is 96.7 Å². The number of hydrogen-bond donors (Lipinski definition) is 4. The Labute approximate surface area is 224 Å². The minimum Gasteiger partial charge on any atom is -0.505 e. The first-order valence-corrected chi connectivity index (χ1v) is 12.5. The first-order chi connectivity index (χ1) is 18.2. The molecule has 0 heterocycles. The number of fused-ring (bicyclic) bond motifs is 3. The molecule has 4 rings (SSSR count). The first-order valence-electron chi connectivity index (χ1n) is 12.5. The molecule has 0 bridgehead atoms. The zero-order valence-corrected chi connectivity index (χ0v) is 22.3. The van der Waals surface area contributed by atoms with Gasteiger partial charge in [-0.2, -0.15) is 0 Å². The Morgan fingerprint density at radius 3 is 2.33 bits per heavy atom. The molecule has 0 aliphatic heterocycles. The Balaban J connectivity index is 1.87. The molecule has 0 aromatic heterocycles. The first kappa shape index (κ1) is 28.2. The van der Waals surface area contributed by atoms with Crippen molar-refractivity contribution in [2.45, 2.75) is 31.4 Å². The standard InChI is InChI=1S/C26H32N4O9/c1-6-39-25(37)28-13-9-14(29(2)3)11-7-10-8-12-18(30(4)5)21(33)17(24(27)36)23(35)26(12,38)22(34)15(10)20(32)16(11)19(13)31/h9-10,12,15,17-18,31,38H,6-8H2,1-5H3,(H2,27,36)(H,28,37). The third-order valence-electron chi connectivity index (χ3n) is 8.03. The summed E-state index contributed by atoms with van der Waals surface area (Å²) in [4.78, 5) is 81.6. The second-order valence-electron chi connectivity index (χ2n) is 10.7. The van der Waals surface area contributed by atoms with Crippen LogP contribution in [0, 0.1) is 23.7 Å². The zero-order chi connectivity index (χ0) is 29.1. The number of amides is 2. The van der Waals surface area contributed by atoms with Gasteiger partial charge in [0.1, 0.15) is 5.75 Å². The molecule has 0 saturated heterocycles. The molecule has 3 aliphatic carbocycles. The highest BCUT2D eigenvalue weighted by Gasteiger charge is 2.69. The molecule has 1 aromatic rings. The highest BCUT2D eigenvalue weighted by Crippen LogP contribution is 2.52. The van der Waals surface area contributed by atoms with Crippen LogP contribution in [0.4, 0.5) is 16.2 Å². The molecule has 2 saturated carbocycles. The van der Waals surface area contributed by atoms with E-state index in [-0.39, 0.29) is 30.7 Å². The van der Waals surface area contributed by atoms with Gasteiger partial charge in [-0.1, -0.05) is 0 Å². The SMILES string of the molecule is CCOC(=O)Nc1cc(N(C)C)c2c(c1O)C(=O)C1C(=O)C3(O)C(=O)C(C(N)=O)C(=O)C(N(C)C)C3CC1C2. The van der Waals surface area contributed by atoms with Crippen molar-refractivity contribution >= 4 is 46.5 Å². The normalized spacial score (nSPS) is 29.9. The van der Waals surface area contributed by atoms with Crippen molar-refractivity contribution in [1.82, 2.24) is 4.90 Å². The summed E-state index contributed by atoms with van der Waals surface area (Å²) in [6.45, 7) is 1.66. The molecule has 5 N–H and O–H groups in total. The van der Waals surface area contributed by atoms with Crippen LogP contribution in [0.2, 0.25) is 0 Å². The highest BCUT2D eigenvalue weighted by molar-refractivity contribution is 6.32. The van der Waals surface area contributed by atoms with Gasteiger partial charge in [0.2, 0.25) is 5.91 Å². The summed E-state index contributed by atoms with van der Waals surface area (Å²) in [6.07, 6.45) is -0.818. The van der Waals surface area contributed by atoms with Crippen LogP contribution < -0.4 is 16.0 Å². The van der Waals surface area contributed by atoms with Gasteiger partial charge < -0.3 is 25.6 Å². The summed E-state index contributed by atoms with van der Waals surface area (Å²) in [6, 6.07) is 0.303. The Morgan fingerprint density at radius 2 is 1.79 bits per heavy atom. The number of aromatic hydroxyl groups is 1. The van der Waals surface area contributed by atoms with E-state index in [2.05, 4.69) is 5.32 Å². The number of primary amides is 1. The van der Waals surface area contributed by atoms with Crippen molar-refractivity contribution in [3.05, 3.63) is 17.2 Å². The number of carbonyl (C=O) groups is 6. The van der Waals surface area contributed by atoms with Gasteiger partial charge in [0.25, 0.3) is 0 Å². The number of nitrogens with one attached hydrogen (secondary N) is 1. The summed E-state index contributed by atoms with van der Waals surface area (Å²) < 4.78 is 4.87. The van der Waals surface area contributed by atoms with Crippen molar-refractivity contribution in [2.75, 3.05) is 45.0 Å². The number of ether oxygens (including phenoxy) is 1. The smallest absolute Gasteiger partial charge is 0.411 e. The number of phenolic OH excluding ortho intramolecular Hbond substituents is 1. The minimum absolute atomic E-state index is 0.0552. The molecule has 2 amide bonds. The van der Waals surface area contributed by atoms with Crippen molar-refractivity contribution in [3.63, 3.8) is 0 Å². The van der Waals surface area contributed by atoms with Gasteiger partial charge in [-0.15, -0.1) is 0 Å². The van der Waals surface area contributed by atoms with Crippen molar-refractivity contribution in [3.8, 4) is 5.75 Å². The number of phenols is 1. The van der Waals surface area contributed by atoms with E-state index in [1.54, 1.807) is 25.9 Å². The van der Waals surface area contributed by atoms with Crippen LogP contribution in [0.3, 0.4) is 0 Å². The monoisotopic (exact) mass is 544 g/mol. The van der Waals surface area contributed by atoms with Crippen LogP contribution in [0.5, 0.6) is 5.75 Å². The van der Waals surface area contributed by atoms with Gasteiger partial charge >= 0.3 is 6.09 Å². The maximum atomic E-state index is 13.9. The largest absolute Gasteiger partial charge is 0.505 e. The molecule has 13 nitrogen and oxygen atoms in total. The molecule has 3 aliphatic rings. The molecule has 210 valence electrons. The second kappa shape index (κ2) is 9.72. The topological polar surface area (TPSA) is 197 Å². The van der Waals surface area contributed by atoms with Gasteiger partial charge in [0, 0.05) is 25.7 Å². The van der Waals surface area contributed by atoms with Gasteiger partial charge in [0.15, 0.2) is 34.7 Å². The Morgan fingerprint density at radius 1 is 1.15 bits per heavy atom. The number of rotatable bonds is 5. The lowest BCUT2D eigenvalue weighted by Crippen LogP contribution is -2.74. The lowest BCUT2D eigenvalue weighted by Gasteiger charge is -2.52. The number of likely N-dealkylation sites (N-methyl/N-ethyl adjacent to an activating group) is 1. The average Bonchev–Trinajstić information content (AvgIpc) is 2.82. The molecule has 13 heteroatoms. The number of nitrogens with zero attached hydrogens (tertiary/aromatic N) is 2. The average molecular weight is 545 g/mol. The number of nitrogens with two attached hydrogens (primary N) is 1. The quantitative estimate of drug-likeness (QED) is 0.275. The lowest BCUT2D eigenvalue weighted by molar-refractivity contribution is -0.181.